The lowest BCUT2D eigenvalue weighted by atomic mass is 9.92. The zero-order valence-corrected chi connectivity index (χ0v) is 22.4. The third kappa shape index (κ3) is 5.49. The Bertz CT molecular complexity index is 1420. The maximum absolute atomic E-state index is 13.2. The van der Waals surface area contributed by atoms with E-state index in [1.54, 1.807) is 17.0 Å². The molecule has 0 radical (unpaired) electrons. The van der Waals surface area contributed by atoms with Crippen LogP contribution in [0.4, 0.5) is 10.1 Å². The first-order valence-electron chi connectivity index (χ1n) is 13.9. The van der Waals surface area contributed by atoms with Gasteiger partial charge in [-0.25, -0.2) is 4.39 Å². The fourth-order valence-electron chi connectivity index (χ4n) is 5.88. The zero-order chi connectivity index (χ0) is 27.6. The van der Waals surface area contributed by atoms with Crippen molar-refractivity contribution >= 4 is 23.2 Å². The molecule has 8 heteroatoms. The average Bonchev–Trinajstić information content (AvgIpc) is 3.30. The van der Waals surface area contributed by atoms with Crippen LogP contribution in [0.25, 0.3) is 0 Å². The minimum absolute atomic E-state index is 0.0510. The Morgan fingerprint density at radius 1 is 0.850 bits per heavy atom. The highest BCUT2D eigenvalue weighted by Gasteiger charge is 2.40. The summed E-state index contributed by atoms with van der Waals surface area (Å²) in [5.41, 5.74) is 4.69. The minimum Gasteiger partial charge on any atom is -0.489 e. The third-order valence-corrected chi connectivity index (χ3v) is 8.16. The van der Waals surface area contributed by atoms with E-state index >= 15 is 0 Å². The first-order valence-corrected chi connectivity index (χ1v) is 13.9. The van der Waals surface area contributed by atoms with E-state index in [-0.39, 0.29) is 29.7 Å². The van der Waals surface area contributed by atoms with E-state index in [4.69, 9.17) is 4.74 Å². The van der Waals surface area contributed by atoms with E-state index in [1.807, 2.05) is 18.2 Å². The summed E-state index contributed by atoms with van der Waals surface area (Å²) >= 11 is 0. The highest BCUT2D eigenvalue weighted by molar-refractivity contribution is 6.07. The minimum atomic E-state index is -0.538. The Kier molecular flexibility index (Phi) is 7.34. The van der Waals surface area contributed by atoms with Gasteiger partial charge in [0.25, 0.3) is 5.91 Å². The Hall–Kier alpha value is -4.04. The van der Waals surface area contributed by atoms with Crippen molar-refractivity contribution in [2.75, 3.05) is 31.1 Å². The SMILES string of the molecule is O=C1CCC(N2Cc3c(OCc4ccc(CN5CCN(c6ccc(F)cc6)CC5)cc4)cccc3C2=O)C(=O)C1. The lowest BCUT2D eigenvalue weighted by molar-refractivity contribution is -0.133. The molecule has 1 amide bonds. The van der Waals surface area contributed by atoms with E-state index in [2.05, 4.69) is 34.1 Å². The van der Waals surface area contributed by atoms with Crippen LogP contribution in [0.1, 0.15) is 46.3 Å². The molecule has 1 unspecified atom stereocenters. The van der Waals surface area contributed by atoms with Crippen LogP contribution in [0, 0.1) is 5.82 Å². The predicted molar refractivity (Wildman–Crippen MR) is 149 cm³/mol. The van der Waals surface area contributed by atoms with Crippen LogP contribution in [0.5, 0.6) is 5.75 Å². The number of carbonyl (C=O) groups is 3. The molecule has 7 nitrogen and oxygen atoms in total. The van der Waals surface area contributed by atoms with Crippen LogP contribution in [-0.2, 0) is 29.3 Å². The molecular formula is C32H32FN3O4. The van der Waals surface area contributed by atoms with Gasteiger partial charge in [-0.15, -0.1) is 0 Å². The highest BCUT2D eigenvalue weighted by atomic mass is 19.1. The molecule has 1 atom stereocenters. The van der Waals surface area contributed by atoms with E-state index < -0.39 is 6.04 Å². The molecule has 2 heterocycles. The van der Waals surface area contributed by atoms with E-state index in [0.29, 0.717) is 37.3 Å². The van der Waals surface area contributed by atoms with Crippen molar-refractivity contribution in [3.8, 4) is 5.75 Å². The molecule has 206 valence electrons. The molecule has 1 saturated carbocycles. The van der Waals surface area contributed by atoms with Crippen molar-refractivity contribution in [2.45, 2.75) is 45.0 Å². The van der Waals surface area contributed by atoms with E-state index in [9.17, 15) is 18.8 Å². The van der Waals surface area contributed by atoms with Crippen LogP contribution in [0.3, 0.4) is 0 Å². The van der Waals surface area contributed by atoms with Crippen LogP contribution in [0.15, 0.2) is 66.7 Å². The van der Waals surface area contributed by atoms with Crippen LogP contribution < -0.4 is 9.64 Å². The fraction of sp³-hybridized carbons (Fsp3) is 0.344. The van der Waals surface area contributed by atoms with E-state index in [1.165, 1.54) is 17.7 Å². The van der Waals surface area contributed by atoms with Crippen molar-refractivity contribution in [3.63, 3.8) is 0 Å². The predicted octanol–water partition coefficient (Wildman–Crippen LogP) is 4.37. The second-order valence-corrected chi connectivity index (χ2v) is 10.8. The molecule has 0 aromatic heterocycles. The number of ketones is 2. The van der Waals surface area contributed by atoms with E-state index in [0.717, 1.165) is 49.5 Å². The topological polar surface area (TPSA) is 70.2 Å². The van der Waals surface area contributed by atoms with Gasteiger partial charge < -0.3 is 14.5 Å². The summed E-state index contributed by atoms with van der Waals surface area (Å²) in [6, 6.07) is 20.0. The summed E-state index contributed by atoms with van der Waals surface area (Å²) in [6.45, 7) is 5.27. The number of amides is 1. The number of ether oxygens (including phenoxy) is 1. The van der Waals surface area contributed by atoms with Gasteiger partial charge in [0.15, 0.2) is 5.78 Å². The molecule has 3 aliphatic rings. The van der Waals surface area contributed by atoms with Gasteiger partial charge in [-0.3, -0.25) is 19.3 Å². The molecule has 0 bridgehead atoms. The molecule has 2 aliphatic heterocycles. The lowest BCUT2D eigenvalue weighted by Crippen LogP contribution is -2.45. The van der Waals surface area contributed by atoms with Gasteiger partial charge in [0.05, 0.1) is 19.0 Å². The van der Waals surface area contributed by atoms with Gasteiger partial charge >= 0.3 is 0 Å². The average molecular weight is 542 g/mol. The summed E-state index contributed by atoms with van der Waals surface area (Å²) in [5.74, 6) is 0.0454. The van der Waals surface area contributed by atoms with Gasteiger partial charge in [0.2, 0.25) is 0 Å². The van der Waals surface area contributed by atoms with Crippen molar-refractivity contribution in [1.82, 2.24) is 9.80 Å². The largest absolute Gasteiger partial charge is 0.489 e. The standard InChI is InChI=1S/C32H32FN3O4/c33-24-8-10-25(11-9-24)35-16-14-34(15-17-35)19-22-4-6-23(7-5-22)21-40-31-3-1-2-27-28(31)20-36(32(27)39)29-13-12-26(37)18-30(29)38/h1-11,29H,12-21H2. The number of benzene rings is 3. The molecule has 6 rings (SSSR count). The number of fused-ring (bicyclic) bond motifs is 1. The Morgan fingerprint density at radius 2 is 1.57 bits per heavy atom. The van der Waals surface area contributed by atoms with Gasteiger partial charge in [-0.2, -0.15) is 0 Å². The second kappa shape index (κ2) is 11.2. The third-order valence-electron chi connectivity index (χ3n) is 8.16. The number of piperazine rings is 1. The Balaban J connectivity index is 1.03. The van der Waals surface area contributed by atoms with Crippen LogP contribution >= 0.6 is 0 Å². The molecule has 3 aromatic rings. The van der Waals surface area contributed by atoms with Crippen molar-refractivity contribution in [2.24, 2.45) is 0 Å². The Labute approximate surface area is 233 Å². The van der Waals surface area contributed by atoms with Crippen molar-refractivity contribution in [1.29, 1.82) is 0 Å². The first kappa shape index (κ1) is 26.2. The molecule has 40 heavy (non-hydrogen) atoms. The van der Waals surface area contributed by atoms with Crippen molar-refractivity contribution < 1.29 is 23.5 Å². The number of nitrogens with zero attached hydrogens (tertiary/aromatic N) is 3. The number of rotatable bonds is 7. The summed E-state index contributed by atoms with van der Waals surface area (Å²) in [4.78, 5) is 43.5. The van der Waals surface area contributed by atoms with Gasteiger partial charge in [0, 0.05) is 56.0 Å². The van der Waals surface area contributed by atoms with Crippen LogP contribution in [0.2, 0.25) is 0 Å². The number of hydrogen-bond acceptors (Lipinski definition) is 6. The number of halogens is 1. The molecule has 0 N–H and O–H groups in total. The smallest absolute Gasteiger partial charge is 0.255 e. The quantitative estimate of drug-likeness (QED) is 0.414. The van der Waals surface area contributed by atoms with Gasteiger partial charge in [-0.1, -0.05) is 30.3 Å². The molecule has 3 aromatic carbocycles. The molecular weight excluding hydrogens is 509 g/mol. The summed E-state index contributed by atoms with van der Waals surface area (Å²) in [5, 5.41) is 0. The normalized spacial score (nSPS) is 19.7. The maximum Gasteiger partial charge on any atom is 0.255 e. The summed E-state index contributed by atoms with van der Waals surface area (Å²) in [6.07, 6.45) is 0.641. The van der Waals surface area contributed by atoms with Gasteiger partial charge in [-0.05, 0) is 53.9 Å². The second-order valence-electron chi connectivity index (χ2n) is 10.8. The molecule has 1 aliphatic carbocycles. The number of carbonyl (C=O) groups excluding carboxylic acids is 3. The fourth-order valence-corrected chi connectivity index (χ4v) is 5.88. The molecule has 2 fully saturated rings. The number of Topliss-reactive ketones (excluding diaryl/α,β-unsaturated/α-hetero) is 2. The van der Waals surface area contributed by atoms with Crippen LogP contribution in [-0.4, -0.2) is 59.5 Å². The molecule has 1 saturated heterocycles. The number of anilines is 1. The maximum atomic E-state index is 13.2. The Morgan fingerprint density at radius 3 is 2.30 bits per heavy atom. The number of hydrogen-bond donors (Lipinski definition) is 0. The summed E-state index contributed by atoms with van der Waals surface area (Å²) in [7, 11) is 0. The van der Waals surface area contributed by atoms with Crippen molar-refractivity contribution in [3.05, 3.63) is 94.8 Å². The monoisotopic (exact) mass is 541 g/mol. The lowest BCUT2D eigenvalue weighted by Gasteiger charge is -2.36. The summed E-state index contributed by atoms with van der Waals surface area (Å²) < 4.78 is 19.4. The van der Waals surface area contributed by atoms with Gasteiger partial charge in [0.1, 0.15) is 24.0 Å². The zero-order valence-electron chi connectivity index (χ0n) is 22.4. The molecule has 0 spiro atoms. The first-order chi connectivity index (χ1) is 19.4. The highest BCUT2D eigenvalue weighted by Crippen LogP contribution is 2.34.